The van der Waals surface area contributed by atoms with Crippen molar-refractivity contribution in [3.63, 3.8) is 0 Å². The van der Waals surface area contributed by atoms with E-state index in [0.29, 0.717) is 18.5 Å². The van der Waals surface area contributed by atoms with Crippen LogP contribution in [0, 0.1) is 4.77 Å². The highest BCUT2D eigenvalue weighted by Crippen LogP contribution is 2.38. The number of aryl methyl sites for hydroxylation is 1. The second kappa shape index (κ2) is 7.83. The summed E-state index contributed by atoms with van der Waals surface area (Å²) in [5.41, 5.74) is 4.33. The third-order valence-corrected chi connectivity index (χ3v) is 6.54. The summed E-state index contributed by atoms with van der Waals surface area (Å²) in [5.74, 6) is -0.0620. The first-order valence-electron chi connectivity index (χ1n) is 10.4. The van der Waals surface area contributed by atoms with Crippen LogP contribution in [0.5, 0.6) is 5.88 Å². The molecule has 1 aliphatic rings. The Balaban J connectivity index is 1.62. The number of para-hydroxylation sites is 1. The summed E-state index contributed by atoms with van der Waals surface area (Å²) in [4.78, 5) is 21.4. The van der Waals surface area contributed by atoms with Crippen LogP contribution >= 0.6 is 12.2 Å². The van der Waals surface area contributed by atoms with Crippen LogP contribution in [-0.2, 0) is 19.4 Å². The van der Waals surface area contributed by atoms with Gasteiger partial charge in [-0.05, 0) is 49.3 Å². The molecule has 6 nitrogen and oxygen atoms in total. The standard InChI is InChI=1S/C24H24N4O2S/c1-27-13-12-17-16-9-5-6-10-18(16)25-20(17)21(27)19-22(29)26-24(31)28(23(19)30)14-11-15-7-3-2-4-8-15/h2-10,21,25,30H,11-14H2,1H3,(H,26,29,31). The summed E-state index contributed by atoms with van der Waals surface area (Å²) in [6.45, 7) is 1.27. The summed E-state index contributed by atoms with van der Waals surface area (Å²) >= 11 is 5.39. The quantitative estimate of drug-likeness (QED) is 0.427. The smallest absolute Gasteiger partial charge is 0.260 e. The van der Waals surface area contributed by atoms with Crippen molar-refractivity contribution in [1.82, 2.24) is 19.4 Å². The average Bonchev–Trinajstić information content (AvgIpc) is 3.14. The third-order valence-electron chi connectivity index (χ3n) is 6.22. The highest BCUT2D eigenvalue weighted by Gasteiger charge is 2.34. The first kappa shape index (κ1) is 19.8. The molecular formula is C24H24N4O2S. The summed E-state index contributed by atoms with van der Waals surface area (Å²) in [5, 5.41) is 12.4. The molecule has 158 valence electrons. The van der Waals surface area contributed by atoms with Gasteiger partial charge in [0.05, 0.1) is 6.04 Å². The van der Waals surface area contributed by atoms with Gasteiger partial charge in [-0.15, -0.1) is 0 Å². The van der Waals surface area contributed by atoms with E-state index in [4.69, 9.17) is 12.2 Å². The van der Waals surface area contributed by atoms with Gasteiger partial charge in [-0.2, -0.15) is 0 Å². The van der Waals surface area contributed by atoms with E-state index in [1.165, 1.54) is 10.9 Å². The molecule has 31 heavy (non-hydrogen) atoms. The molecule has 7 heteroatoms. The molecule has 0 spiro atoms. The topological polar surface area (TPSA) is 77.1 Å². The Kier molecular flexibility index (Phi) is 5.00. The molecule has 0 bridgehead atoms. The molecule has 2 aromatic carbocycles. The van der Waals surface area contributed by atoms with Crippen molar-refractivity contribution in [1.29, 1.82) is 0 Å². The Morgan fingerprint density at radius 2 is 1.84 bits per heavy atom. The predicted octanol–water partition coefficient (Wildman–Crippen LogP) is 3.91. The lowest BCUT2D eigenvalue weighted by Gasteiger charge is -2.33. The number of likely N-dealkylation sites (N-methyl/N-ethyl adjacent to an activating group) is 1. The van der Waals surface area contributed by atoms with Crippen LogP contribution in [0.2, 0.25) is 0 Å². The minimum absolute atomic E-state index is 0.0620. The molecule has 3 N–H and O–H groups in total. The minimum Gasteiger partial charge on any atom is -0.494 e. The van der Waals surface area contributed by atoms with Gasteiger partial charge in [-0.25, -0.2) is 0 Å². The number of aromatic amines is 2. The van der Waals surface area contributed by atoms with Gasteiger partial charge >= 0.3 is 0 Å². The number of nitrogens with one attached hydrogen (secondary N) is 2. The minimum atomic E-state index is -0.376. The zero-order valence-corrected chi connectivity index (χ0v) is 18.1. The van der Waals surface area contributed by atoms with Gasteiger partial charge in [0.25, 0.3) is 5.56 Å². The highest BCUT2D eigenvalue weighted by atomic mass is 32.1. The molecule has 4 aromatic rings. The average molecular weight is 433 g/mol. The van der Waals surface area contributed by atoms with E-state index in [9.17, 15) is 9.90 Å². The van der Waals surface area contributed by atoms with Gasteiger partial charge < -0.3 is 10.1 Å². The fourth-order valence-corrected chi connectivity index (χ4v) is 4.91. The second-order valence-corrected chi connectivity index (χ2v) is 8.47. The van der Waals surface area contributed by atoms with Gasteiger partial charge in [0, 0.05) is 29.7 Å². The van der Waals surface area contributed by atoms with Crippen LogP contribution in [-0.4, -0.2) is 38.1 Å². The Hall–Kier alpha value is -3.16. The van der Waals surface area contributed by atoms with Crippen molar-refractivity contribution in [2.24, 2.45) is 0 Å². The first-order valence-corrected chi connectivity index (χ1v) is 10.8. The lowest BCUT2D eigenvalue weighted by atomic mass is 9.94. The fourth-order valence-electron chi connectivity index (χ4n) is 4.64. The van der Waals surface area contributed by atoms with Gasteiger partial charge in [0.2, 0.25) is 5.88 Å². The third kappa shape index (κ3) is 3.40. The molecule has 1 unspecified atom stereocenters. The molecule has 0 aliphatic carbocycles. The van der Waals surface area contributed by atoms with E-state index >= 15 is 0 Å². The van der Waals surface area contributed by atoms with Crippen molar-refractivity contribution in [2.45, 2.75) is 25.4 Å². The molecule has 5 rings (SSSR count). The number of aromatic nitrogens is 3. The molecule has 0 radical (unpaired) electrons. The Morgan fingerprint density at radius 3 is 2.65 bits per heavy atom. The molecule has 3 heterocycles. The van der Waals surface area contributed by atoms with E-state index in [1.807, 2.05) is 55.6 Å². The van der Waals surface area contributed by atoms with Crippen molar-refractivity contribution in [3.8, 4) is 5.88 Å². The molecule has 0 saturated carbocycles. The summed E-state index contributed by atoms with van der Waals surface area (Å²) < 4.78 is 1.86. The first-order chi connectivity index (χ1) is 15.0. The lowest BCUT2D eigenvalue weighted by Crippen LogP contribution is -2.37. The molecule has 0 fully saturated rings. The number of H-pyrrole nitrogens is 2. The number of nitrogens with zero attached hydrogens (tertiary/aromatic N) is 2. The maximum atomic E-state index is 13.0. The lowest BCUT2D eigenvalue weighted by molar-refractivity contribution is 0.250. The number of rotatable bonds is 4. The molecule has 0 saturated heterocycles. The summed E-state index contributed by atoms with van der Waals surface area (Å²) in [6, 6.07) is 17.8. The number of hydrogen-bond acceptors (Lipinski definition) is 4. The van der Waals surface area contributed by atoms with Gasteiger partial charge in [-0.1, -0.05) is 48.5 Å². The Labute approximate surface area is 184 Å². The van der Waals surface area contributed by atoms with E-state index in [1.54, 1.807) is 4.57 Å². The Morgan fingerprint density at radius 1 is 1.10 bits per heavy atom. The number of hydrogen-bond donors (Lipinski definition) is 3. The van der Waals surface area contributed by atoms with Gasteiger partial charge in [0.15, 0.2) is 4.77 Å². The van der Waals surface area contributed by atoms with Crippen LogP contribution < -0.4 is 5.56 Å². The van der Waals surface area contributed by atoms with Crippen LogP contribution in [0.25, 0.3) is 10.9 Å². The van der Waals surface area contributed by atoms with Crippen molar-refractivity contribution in [3.05, 3.63) is 92.1 Å². The van der Waals surface area contributed by atoms with E-state index < -0.39 is 0 Å². The number of aromatic hydroxyl groups is 1. The van der Waals surface area contributed by atoms with Crippen molar-refractivity contribution >= 4 is 23.1 Å². The molecule has 0 amide bonds. The monoisotopic (exact) mass is 432 g/mol. The molecule has 1 atom stereocenters. The van der Waals surface area contributed by atoms with Crippen molar-refractivity contribution in [2.75, 3.05) is 13.6 Å². The molecule has 1 aliphatic heterocycles. The van der Waals surface area contributed by atoms with Gasteiger partial charge in [-0.3, -0.25) is 19.2 Å². The second-order valence-electron chi connectivity index (χ2n) is 8.08. The fraction of sp³-hybridized carbons (Fsp3) is 0.250. The normalized spacial score (nSPS) is 16.5. The maximum Gasteiger partial charge on any atom is 0.260 e. The zero-order chi connectivity index (χ0) is 21.5. The summed E-state index contributed by atoms with van der Waals surface area (Å²) in [6.07, 6.45) is 1.59. The SMILES string of the molecule is CN1CCc2c([nH]c3ccccc23)C1c1c(O)n(CCc2ccccc2)c(=S)[nH]c1=O. The number of benzene rings is 2. The van der Waals surface area contributed by atoms with E-state index in [-0.39, 0.29) is 22.3 Å². The van der Waals surface area contributed by atoms with Crippen LogP contribution in [0.15, 0.2) is 59.4 Å². The molecular weight excluding hydrogens is 408 g/mol. The van der Waals surface area contributed by atoms with Crippen LogP contribution in [0.3, 0.4) is 0 Å². The van der Waals surface area contributed by atoms with E-state index in [0.717, 1.165) is 29.7 Å². The highest BCUT2D eigenvalue weighted by molar-refractivity contribution is 7.71. The summed E-state index contributed by atoms with van der Waals surface area (Å²) in [7, 11) is 1.98. The predicted molar refractivity (Wildman–Crippen MR) is 124 cm³/mol. The van der Waals surface area contributed by atoms with Crippen LogP contribution in [0.1, 0.15) is 28.4 Å². The Bertz CT molecular complexity index is 1370. The van der Waals surface area contributed by atoms with E-state index in [2.05, 4.69) is 20.9 Å². The number of fused-ring (bicyclic) bond motifs is 3. The zero-order valence-electron chi connectivity index (χ0n) is 17.3. The van der Waals surface area contributed by atoms with Crippen molar-refractivity contribution < 1.29 is 5.11 Å². The molecule has 2 aromatic heterocycles. The van der Waals surface area contributed by atoms with Crippen LogP contribution in [0.4, 0.5) is 0 Å². The largest absolute Gasteiger partial charge is 0.494 e. The maximum absolute atomic E-state index is 13.0. The van der Waals surface area contributed by atoms with Gasteiger partial charge in [0.1, 0.15) is 5.56 Å².